The number of hydrogen-bond acceptors (Lipinski definition) is 5. The lowest BCUT2D eigenvalue weighted by atomic mass is 9.89. The van der Waals surface area contributed by atoms with Gasteiger partial charge in [0.15, 0.2) is 0 Å². The predicted octanol–water partition coefficient (Wildman–Crippen LogP) is 2.40. The zero-order valence-electron chi connectivity index (χ0n) is 15.5. The summed E-state index contributed by atoms with van der Waals surface area (Å²) >= 11 is 0. The normalized spacial score (nSPS) is 26.6. The van der Waals surface area contributed by atoms with E-state index in [0.29, 0.717) is 12.5 Å². The molecule has 6 heteroatoms. The van der Waals surface area contributed by atoms with E-state index in [1.54, 1.807) is 0 Å². The fourth-order valence-corrected chi connectivity index (χ4v) is 4.30. The van der Waals surface area contributed by atoms with E-state index in [9.17, 15) is 0 Å². The van der Waals surface area contributed by atoms with E-state index in [4.69, 9.17) is 9.47 Å². The molecule has 2 fully saturated rings. The van der Waals surface area contributed by atoms with Crippen LogP contribution in [-0.2, 0) is 29.7 Å². The van der Waals surface area contributed by atoms with E-state index < -0.39 is 0 Å². The molecule has 3 heterocycles. The van der Waals surface area contributed by atoms with E-state index in [2.05, 4.69) is 26.5 Å². The molecule has 6 nitrogen and oxygen atoms in total. The second-order valence-electron chi connectivity index (χ2n) is 7.50. The number of nitrogens with zero attached hydrogens (tertiary/aromatic N) is 4. The molecule has 0 N–H and O–H groups in total. The lowest BCUT2D eigenvalue weighted by molar-refractivity contribution is -0.144. The van der Waals surface area contributed by atoms with Crippen molar-refractivity contribution in [2.75, 3.05) is 26.3 Å². The van der Waals surface area contributed by atoms with Crippen molar-refractivity contribution in [3.63, 3.8) is 0 Å². The highest BCUT2D eigenvalue weighted by atomic mass is 16.5. The predicted molar refractivity (Wildman–Crippen MR) is 98.4 cm³/mol. The molecule has 2 aromatic rings. The number of aromatic nitrogens is 3. The van der Waals surface area contributed by atoms with Crippen LogP contribution in [-0.4, -0.2) is 51.3 Å². The number of ether oxygens (including phenoxy) is 2. The van der Waals surface area contributed by atoms with Gasteiger partial charge in [-0.05, 0) is 25.0 Å². The van der Waals surface area contributed by atoms with Crippen LogP contribution in [0.25, 0.3) is 0 Å². The third kappa shape index (κ3) is 3.82. The minimum atomic E-state index is -0.0620. The fraction of sp³-hybridized carbons (Fsp3) is 0.600. The Morgan fingerprint density at radius 3 is 3.08 bits per heavy atom. The summed E-state index contributed by atoms with van der Waals surface area (Å²) in [6.45, 7) is 4.93. The van der Waals surface area contributed by atoms with Gasteiger partial charge in [0, 0.05) is 44.6 Å². The molecular formula is C20H28N4O2. The number of morpholine rings is 1. The van der Waals surface area contributed by atoms with Gasteiger partial charge in [0.2, 0.25) is 0 Å². The van der Waals surface area contributed by atoms with Gasteiger partial charge in [-0.1, -0.05) is 12.5 Å². The maximum absolute atomic E-state index is 6.36. The van der Waals surface area contributed by atoms with Crippen molar-refractivity contribution in [1.29, 1.82) is 0 Å². The summed E-state index contributed by atoms with van der Waals surface area (Å²) in [4.78, 5) is 11.3. The Balaban J connectivity index is 1.35. The van der Waals surface area contributed by atoms with Crippen molar-refractivity contribution < 1.29 is 9.47 Å². The van der Waals surface area contributed by atoms with E-state index in [1.165, 1.54) is 12.8 Å². The molecule has 0 bridgehead atoms. The van der Waals surface area contributed by atoms with E-state index in [0.717, 1.165) is 50.8 Å². The zero-order valence-corrected chi connectivity index (χ0v) is 15.5. The molecule has 26 heavy (non-hydrogen) atoms. The molecular weight excluding hydrogens is 328 g/mol. The van der Waals surface area contributed by atoms with Crippen LogP contribution in [0.1, 0.15) is 30.8 Å². The SMILES string of the molecule is Cn1ccnc1CN1CCO[C@]2(CCC[C@H]2COCc2ccccn2)C1. The highest BCUT2D eigenvalue weighted by Crippen LogP contribution is 2.41. The number of aryl methyl sites for hydroxylation is 1. The van der Waals surface area contributed by atoms with E-state index in [1.807, 2.05) is 36.8 Å². The molecule has 1 aliphatic heterocycles. The molecule has 2 aromatic heterocycles. The quantitative estimate of drug-likeness (QED) is 0.796. The van der Waals surface area contributed by atoms with Gasteiger partial charge in [0.05, 0.1) is 37.7 Å². The van der Waals surface area contributed by atoms with Gasteiger partial charge in [-0.3, -0.25) is 9.88 Å². The van der Waals surface area contributed by atoms with Crippen LogP contribution in [0, 0.1) is 5.92 Å². The summed E-state index contributed by atoms with van der Waals surface area (Å²) in [5.41, 5.74) is 0.925. The summed E-state index contributed by atoms with van der Waals surface area (Å²) in [5.74, 6) is 1.57. The van der Waals surface area contributed by atoms with Crippen LogP contribution in [0.5, 0.6) is 0 Å². The average molecular weight is 356 g/mol. The fourth-order valence-electron chi connectivity index (χ4n) is 4.30. The number of imidazole rings is 1. The highest BCUT2D eigenvalue weighted by Gasteiger charge is 2.47. The van der Waals surface area contributed by atoms with Crippen molar-refractivity contribution in [3.8, 4) is 0 Å². The number of rotatable bonds is 6. The summed E-state index contributed by atoms with van der Waals surface area (Å²) in [6.07, 6.45) is 9.22. The summed E-state index contributed by atoms with van der Waals surface area (Å²) < 4.78 is 14.5. The lowest BCUT2D eigenvalue weighted by Crippen LogP contribution is -2.54. The van der Waals surface area contributed by atoms with Crippen LogP contribution >= 0.6 is 0 Å². The monoisotopic (exact) mass is 356 g/mol. The first-order valence-corrected chi connectivity index (χ1v) is 9.55. The zero-order chi connectivity index (χ0) is 17.8. The van der Waals surface area contributed by atoms with E-state index in [-0.39, 0.29) is 5.60 Å². The van der Waals surface area contributed by atoms with Gasteiger partial charge >= 0.3 is 0 Å². The average Bonchev–Trinajstić information content (AvgIpc) is 3.23. The van der Waals surface area contributed by atoms with Gasteiger partial charge in [0.1, 0.15) is 5.82 Å². The second kappa shape index (κ2) is 7.86. The van der Waals surface area contributed by atoms with E-state index >= 15 is 0 Å². The van der Waals surface area contributed by atoms with Gasteiger partial charge in [-0.25, -0.2) is 4.98 Å². The first-order valence-electron chi connectivity index (χ1n) is 9.55. The molecule has 2 atom stereocenters. The van der Waals surface area contributed by atoms with Gasteiger partial charge < -0.3 is 14.0 Å². The third-order valence-electron chi connectivity index (χ3n) is 5.77. The molecule has 4 rings (SSSR count). The Kier molecular flexibility index (Phi) is 5.33. The highest BCUT2D eigenvalue weighted by molar-refractivity contribution is 5.03. The van der Waals surface area contributed by atoms with Crippen molar-refractivity contribution in [2.45, 2.75) is 38.0 Å². The molecule has 0 aromatic carbocycles. The van der Waals surface area contributed by atoms with Crippen molar-refractivity contribution in [3.05, 3.63) is 48.3 Å². The molecule has 1 spiro atoms. The molecule has 2 aliphatic rings. The minimum absolute atomic E-state index is 0.0620. The topological polar surface area (TPSA) is 52.4 Å². The molecule has 1 saturated heterocycles. The van der Waals surface area contributed by atoms with Gasteiger partial charge in [-0.15, -0.1) is 0 Å². The van der Waals surface area contributed by atoms with Crippen LogP contribution in [0.15, 0.2) is 36.8 Å². The first kappa shape index (κ1) is 17.6. The summed E-state index contributed by atoms with van der Waals surface area (Å²) in [7, 11) is 2.06. The third-order valence-corrected chi connectivity index (χ3v) is 5.77. The Morgan fingerprint density at radius 2 is 2.27 bits per heavy atom. The number of pyridine rings is 1. The number of hydrogen-bond donors (Lipinski definition) is 0. The van der Waals surface area contributed by atoms with Crippen LogP contribution in [0.2, 0.25) is 0 Å². The molecule has 1 aliphatic carbocycles. The lowest BCUT2D eigenvalue weighted by Gasteiger charge is -2.44. The molecule has 140 valence electrons. The van der Waals surface area contributed by atoms with Gasteiger partial charge in [0.25, 0.3) is 0 Å². The summed E-state index contributed by atoms with van der Waals surface area (Å²) in [6, 6.07) is 5.94. The molecule has 0 amide bonds. The standard InChI is InChI=1S/C20H28N4O2/c1-23-10-9-22-19(23)13-24-11-12-26-20(16-24)7-4-5-17(20)14-25-15-18-6-2-3-8-21-18/h2-3,6,8-10,17H,4-5,7,11-16H2,1H3/t17-,20+/m0/s1. The Morgan fingerprint density at radius 1 is 1.31 bits per heavy atom. The van der Waals surface area contributed by atoms with Crippen molar-refractivity contribution >= 4 is 0 Å². The maximum Gasteiger partial charge on any atom is 0.122 e. The maximum atomic E-state index is 6.36. The Labute approximate surface area is 155 Å². The minimum Gasteiger partial charge on any atom is -0.375 e. The van der Waals surface area contributed by atoms with Crippen molar-refractivity contribution in [2.24, 2.45) is 13.0 Å². The van der Waals surface area contributed by atoms with Gasteiger partial charge in [-0.2, -0.15) is 0 Å². The van der Waals surface area contributed by atoms with Crippen molar-refractivity contribution in [1.82, 2.24) is 19.4 Å². The van der Waals surface area contributed by atoms with Crippen LogP contribution in [0.3, 0.4) is 0 Å². The smallest absolute Gasteiger partial charge is 0.122 e. The Hall–Kier alpha value is -1.76. The summed E-state index contributed by atoms with van der Waals surface area (Å²) in [5, 5.41) is 0. The first-order chi connectivity index (χ1) is 12.8. The molecule has 0 unspecified atom stereocenters. The Bertz CT molecular complexity index is 705. The van der Waals surface area contributed by atoms with Crippen LogP contribution < -0.4 is 0 Å². The molecule has 1 saturated carbocycles. The van der Waals surface area contributed by atoms with Crippen LogP contribution in [0.4, 0.5) is 0 Å². The largest absolute Gasteiger partial charge is 0.375 e. The molecule has 0 radical (unpaired) electrons. The second-order valence-corrected chi connectivity index (χ2v) is 7.50.